The molecular formula is C29H58O2. The summed E-state index contributed by atoms with van der Waals surface area (Å²) < 4.78 is 10.7. The largest absolute Gasteiger partial charge is 0.379 e. The number of hydrogen-bond acceptors (Lipinski definition) is 2. The molecule has 31 heavy (non-hydrogen) atoms. The highest BCUT2D eigenvalue weighted by Crippen LogP contribution is 2.15. The normalized spacial score (nSPS) is 15.6. The molecule has 0 aliphatic carbocycles. The van der Waals surface area contributed by atoms with Crippen molar-refractivity contribution in [3.05, 3.63) is 0 Å². The molecule has 2 heteroatoms. The first-order valence-corrected chi connectivity index (χ1v) is 14.6. The minimum atomic E-state index is 0.425. The molecular weight excluding hydrogens is 380 g/mol. The molecule has 1 fully saturated rings. The second-order valence-electron chi connectivity index (χ2n) is 10.2. The Hall–Kier alpha value is -0.0800. The molecule has 0 amide bonds. The molecule has 1 saturated heterocycles. The third kappa shape index (κ3) is 24.4. The van der Waals surface area contributed by atoms with Crippen LogP contribution in [-0.2, 0) is 9.47 Å². The van der Waals surface area contributed by atoms with Crippen molar-refractivity contribution in [2.75, 3.05) is 19.8 Å². The lowest BCUT2D eigenvalue weighted by Crippen LogP contribution is -2.02. The molecule has 0 aromatic heterocycles. The van der Waals surface area contributed by atoms with Crippen LogP contribution in [-0.4, -0.2) is 25.9 Å². The molecule has 186 valence electrons. The second kappa shape index (κ2) is 24.6. The van der Waals surface area contributed by atoms with Crippen LogP contribution in [0.25, 0.3) is 0 Å². The van der Waals surface area contributed by atoms with E-state index in [2.05, 4.69) is 6.92 Å². The van der Waals surface area contributed by atoms with E-state index in [1.54, 1.807) is 0 Å². The third-order valence-electron chi connectivity index (χ3n) is 6.85. The van der Waals surface area contributed by atoms with Crippen molar-refractivity contribution in [2.24, 2.45) is 0 Å². The van der Waals surface area contributed by atoms with E-state index in [-0.39, 0.29) is 0 Å². The van der Waals surface area contributed by atoms with Crippen molar-refractivity contribution in [1.82, 2.24) is 0 Å². The smallest absolute Gasteiger partial charge is 0.104 e. The molecule has 0 spiro atoms. The Morgan fingerprint density at radius 2 is 0.774 bits per heavy atom. The highest BCUT2D eigenvalue weighted by atomic mass is 16.6. The Morgan fingerprint density at radius 3 is 1.06 bits per heavy atom. The Kier molecular flexibility index (Phi) is 22.9. The van der Waals surface area contributed by atoms with Gasteiger partial charge in [-0.2, -0.15) is 0 Å². The number of hydrogen-bond donors (Lipinski definition) is 0. The molecule has 0 N–H and O–H groups in total. The predicted molar refractivity (Wildman–Crippen MR) is 137 cm³/mol. The van der Waals surface area contributed by atoms with E-state index in [0.717, 1.165) is 19.8 Å². The number of epoxide rings is 1. The monoisotopic (exact) mass is 438 g/mol. The first kappa shape index (κ1) is 29.0. The van der Waals surface area contributed by atoms with E-state index in [4.69, 9.17) is 9.47 Å². The van der Waals surface area contributed by atoms with E-state index in [1.165, 1.54) is 154 Å². The van der Waals surface area contributed by atoms with Crippen molar-refractivity contribution < 1.29 is 9.47 Å². The van der Waals surface area contributed by atoms with Crippen molar-refractivity contribution in [1.29, 1.82) is 0 Å². The molecule has 0 bridgehead atoms. The van der Waals surface area contributed by atoms with Crippen LogP contribution in [0.15, 0.2) is 0 Å². The first-order chi connectivity index (χ1) is 15.4. The highest BCUT2D eigenvalue weighted by Gasteiger charge is 2.21. The van der Waals surface area contributed by atoms with Crippen LogP contribution < -0.4 is 0 Å². The molecule has 1 atom stereocenters. The summed E-state index contributed by atoms with van der Waals surface area (Å²) in [5.74, 6) is 0. The average molecular weight is 439 g/mol. The third-order valence-corrected chi connectivity index (χ3v) is 6.85. The molecule has 0 aromatic rings. The molecule has 1 unspecified atom stereocenters. The first-order valence-electron chi connectivity index (χ1n) is 14.6. The van der Waals surface area contributed by atoms with Gasteiger partial charge in [0.2, 0.25) is 0 Å². The molecule has 1 aliphatic heterocycles. The molecule has 2 nitrogen and oxygen atoms in total. The van der Waals surface area contributed by atoms with Gasteiger partial charge in [0.25, 0.3) is 0 Å². The summed E-state index contributed by atoms with van der Waals surface area (Å²) in [6.07, 6.45) is 35.1. The number of rotatable bonds is 27. The summed E-state index contributed by atoms with van der Waals surface area (Å²) in [7, 11) is 0. The van der Waals surface area contributed by atoms with Crippen molar-refractivity contribution in [3.63, 3.8) is 0 Å². The maximum Gasteiger partial charge on any atom is 0.104 e. The minimum Gasteiger partial charge on any atom is -0.379 e. The van der Waals surface area contributed by atoms with Gasteiger partial charge >= 0.3 is 0 Å². The quantitative estimate of drug-likeness (QED) is 0.0940. The van der Waals surface area contributed by atoms with Crippen LogP contribution in [0, 0.1) is 0 Å². The van der Waals surface area contributed by atoms with Gasteiger partial charge in [-0.1, -0.05) is 155 Å². The zero-order chi connectivity index (χ0) is 22.1. The standard InChI is InChI=1S/C29H58O2/c1-2-3-4-5-6-7-8-9-10-11-12-13-14-15-16-17-18-19-20-21-22-23-24-25-26-30-27-29-28-31-29/h29H,2-28H2,1H3. The van der Waals surface area contributed by atoms with E-state index in [0.29, 0.717) is 6.10 Å². The molecule has 0 aromatic carbocycles. The molecule has 1 heterocycles. The van der Waals surface area contributed by atoms with Crippen LogP contribution in [0.3, 0.4) is 0 Å². The van der Waals surface area contributed by atoms with Crippen LogP contribution in [0.1, 0.15) is 161 Å². The van der Waals surface area contributed by atoms with Gasteiger partial charge in [0.15, 0.2) is 0 Å². The molecule has 1 aliphatic rings. The van der Waals surface area contributed by atoms with Gasteiger partial charge in [-0.25, -0.2) is 0 Å². The maximum absolute atomic E-state index is 5.58. The van der Waals surface area contributed by atoms with E-state index >= 15 is 0 Å². The van der Waals surface area contributed by atoms with Crippen molar-refractivity contribution in [2.45, 2.75) is 167 Å². The lowest BCUT2D eigenvalue weighted by Gasteiger charge is -2.04. The summed E-state index contributed by atoms with van der Waals surface area (Å²) >= 11 is 0. The van der Waals surface area contributed by atoms with Crippen LogP contribution in [0.5, 0.6) is 0 Å². The van der Waals surface area contributed by atoms with Gasteiger partial charge in [0.05, 0.1) is 13.2 Å². The Balaban J connectivity index is 1.58. The zero-order valence-corrected chi connectivity index (χ0v) is 21.5. The van der Waals surface area contributed by atoms with Gasteiger partial charge < -0.3 is 9.47 Å². The summed E-state index contributed by atoms with van der Waals surface area (Å²) in [6, 6.07) is 0. The van der Waals surface area contributed by atoms with Gasteiger partial charge in [-0.3, -0.25) is 0 Å². The van der Waals surface area contributed by atoms with Gasteiger partial charge in [-0.05, 0) is 6.42 Å². The van der Waals surface area contributed by atoms with E-state index in [1.807, 2.05) is 0 Å². The number of ether oxygens (including phenoxy) is 2. The lowest BCUT2D eigenvalue weighted by atomic mass is 10.0. The van der Waals surface area contributed by atoms with Gasteiger partial charge in [-0.15, -0.1) is 0 Å². The molecule has 0 saturated carbocycles. The van der Waals surface area contributed by atoms with Crippen LogP contribution >= 0.6 is 0 Å². The van der Waals surface area contributed by atoms with Crippen LogP contribution in [0.4, 0.5) is 0 Å². The van der Waals surface area contributed by atoms with E-state index < -0.39 is 0 Å². The molecule has 1 rings (SSSR count). The molecule has 0 radical (unpaired) electrons. The lowest BCUT2D eigenvalue weighted by molar-refractivity contribution is 0.113. The summed E-state index contributed by atoms with van der Waals surface area (Å²) in [5, 5.41) is 0. The minimum absolute atomic E-state index is 0.425. The predicted octanol–water partition coefficient (Wildman–Crippen LogP) is 9.78. The van der Waals surface area contributed by atoms with E-state index in [9.17, 15) is 0 Å². The zero-order valence-electron chi connectivity index (χ0n) is 21.5. The van der Waals surface area contributed by atoms with Gasteiger partial charge in [0, 0.05) is 6.61 Å². The van der Waals surface area contributed by atoms with Gasteiger partial charge in [0.1, 0.15) is 6.10 Å². The Bertz CT molecular complexity index is 327. The van der Waals surface area contributed by atoms with Crippen LogP contribution in [0.2, 0.25) is 0 Å². The van der Waals surface area contributed by atoms with Crippen molar-refractivity contribution >= 4 is 0 Å². The second-order valence-corrected chi connectivity index (χ2v) is 10.2. The topological polar surface area (TPSA) is 21.8 Å². The average Bonchev–Trinajstić information content (AvgIpc) is 3.60. The summed E-state index contributed by atoms with van der Waals surface area (Å²) in [6.45, 7) is 4.97. The fraction of sp³-hybridized carbons (Fsp3) is 1.00. The fourth-order valence-electron chi connectivity index (χ4n) is 4.55. The number of unbranched alkanes of at least 4 members (excludes halogenated alkanes) is 23. The highest BCUT2D eigenvalue weighted by molar-refractivity contribution is 4.67. The van der Waals surface area contributed by atoms with Crippen molar-refractivity contribution in [3.8, 4) is 0 Å². The Morgan fingerprint density at radius 1 is 0.484 bits per heavy atom. The fourth-order valence-corrected chi connectivity index (χ4v) is 4.55. The summed E-state index contributed by atoms with van der Waals surface area (Å²) in [4.78, 5) is 0. The SMILES string of the molecule is CCCCCCCCCCCCCCCCCCCCCCCCCCOCC1CO1. The maximum atomic E-state index is 5.58. The summed E-state index contributed by atoms with van der Waals surface area (Å²) in [5.41, 5.74) is 0. The Labute approximate surface area is 196 Å².